The minimum atomic E-state index is -0.797. The number of nitrogens with one attached hydrogen (secondary N) is 1. The van der Waals surface area contributed by atoms with Crippen molar-refractivity contribution in [1.82, 2.24) is 9.38 Å². The van der Waals surface area contributed by atoms with Crippen LogP contribution in [0.1, 0.15) is 30.4 Å². The first-order chi connectivity index (χ1) is 13.6. The highest BCUT2D eigenvalue weighted by atomic mass is 16.4. The molecule has 0 atom stereocenters. The number of carbonyl (C=O) groups is 1. The molecule has 0 aliphatic rings. The molecule has 0 radical (unpaired) electrons. The number of pyridine rings is 1. The SMILES string of the molecule is Cc1ccc2nc(-c3ccc(C#CCCO)cc3)c(NCCCC(=O)O)n2c1. The van der Waals surface area contributed by atoms with Crippen LogP contribution in [0.15, 0.2) is 42.6 Å². The summed E-state index contributed by atoms with van der Waals surface area (Å²) in [6.45, 7) is 2.63. The molecule has 2 aromatic heterocycles. The zero-order valence-electron chi connectivity index (χ0n) is 15.8. The largest absolute Gasteiger partial charge is 0.481 e. The summed E-state index contributed by atoms with van der Waals surface area (Å²) in [5.74, 6) is 5.98. The Morgan fingerprint density at radius 3 is 2.71 bits per heavy atom. The number of aliphatic hydroxyl groups is 1. The van der Waals surface area contributed by atoms with E-state index in [2.05, 4.69) is 17.2 Å². The second-order valence-corrected chi connectivity index (χ2v) is 6.52. The van der Waals surface area contributed by atoms with Gasteiger partial charge in [0.25, 0.3) is 0 Å². The van der Waals surface area contributed by atoms with E-state index in [-0.39, 0.29) is 13.0 Å². The van der Waals surface area contributed by atoms with E-state index in [0.717, 1.165) is 33.8 Å². The Hall–Kier alpha value is -3.30. The fraction of sp³-hybridized carbons (Fsp3) is 0.273. The van der Waals surface area contributed by atoms with Crippen molar-refractivity contribution in [3.63, 3.8) is 0 Å². The molecule has 3 rings (SSSR count). The molecule has 0 saturated heterocycles. The van der Waals surface area contributed by atoms with Crippen LogP contribution >= 0.6 is 0 Å². The number of fused-ring (bicyclic) bond motifs is 1. The number of carboxylic acid groups (broad SMARTS) is 1. The lowest BCUT2D eigenvalue weighted by Crippen LogP contribution is -2.07. The molecular formula is C22H23N3O3. The molecule has 0 unspecified atom stereocenters. The van der Waals surface area contributed by atoms with Gasteiger partial charge in [-0.15, -0.1) is 0 Å². The lowest BCUT2D eigenvalue weighted by atomic mass is 10.1. The number of rotatable bonds is 7. The second kappa shape index (κ2) is 9.07. The Morgan fingerprint density at radius 1 is 1.21 bits per heavy atom. The zero-order valence-corrected chi connectivity index (χ0v) is 15.8. The molecule has 1 aromatic carbocycles. The number of hydrogen-bond acceptors (Lipinski definition) is 4. The molecule has 144 valence electrons. The number of aromatic nitrogens is 2. The highest BCUT2D eigenvalue weighted by molar-refractivity contribution is 5.77. The minimum Gasteiger partial charge on any atom is -0.481 e. The van der Waals surface area contributed by atoms with Crippen molar-refractivity contribution in [1.29, 1.82) is 0 Å². The smallest absolute Gasteiger partial charge is 0.303 e. The summed E-state index contributed by atoms with van der Waals surface area (Å²) < 4.78 is 2.00. The zero-order chi connectivity index (χ0) is 19.9. The van der Waals surface area contributed by atoms with Crippen LogP contribution < -0.4 is 5.32 Å². The van der Waals surface area contributed by atoms with Crippen molar-refractivity contribution in [3.05, 3.63) is 53.7 Å². The predicted molar refractivity (Wildman–Crippen MR) is 109 cm³/mol. The summed E-state index contributed by atoms with van der Waals surface area (Å²) in [6.07, 6.45) is 3.13. The molecule has 0 saturated carbocycles. The summed E-state index contributed by atoms with van der Waals surface area (Å²) in [6, 6.07) is 11.8. The summed E-state index contributed by atoms with van der Waals surface area (Å²) in [5.41, 5.74) is 4.59. The third-order valence-corrected chi connectivity index (χ3v) is 4.25. The van der Waals surface area contributed by atoms with Gasteiger partial charge < -0.3 is 15.5 Å². The summed E-state index contributed by atoms with van der Waals surface area (Å²) in [7, 11) is 0. The van der Waals surface area contributed by atoms with Gasteiger partial charge in [0.2, 0.25) is 0 Å². The van der Waals surface area contributed by atoms with Gasteiger partial charge >= 0.3 is 5.97 Å². The van der Waals surface area contributed by atoms with Gasteiger partial charge in [-0.1, -0.05) is 30.0 Å². The topological polar surface area (TPSA) is 86.9 Å². The molecule has 3 aromatic rings. The molecule has 0 aliphatic heterocycles. The number of benzene rings is 1. The molecule has 2 heterocycles. The summed E-state index contributed by atoms with van der Waals surface area (Å²) in [5, 5.41) is 21.0. The highest BCUT2D eigenvalue weighted by Crippen LogP contribution is 2.29. The van der Waals surface area contributed by atoms with E-state index in [4.69, 9.17) is 15.2 Å². The average Bonchev–Trinajstić information content (AvgIpc) is 3.03. The molecule has 3 N–H and O–H groups in total. The van der Waals surface area contributed by atoms with Crippen LogP contribution in [0.3, 0.4) is 0 Å². The summed E-state index contributed by atoms with van der Waals surface area (Å²) in [4.78, 5) is 15.5. The van der Waals surface area contributed by atoms with Crippen LogP contribution in [0.25, 0.3) is 16.9 Å². The molecule has 0 amide bonds. The van der Waals surface area contributed by atoms with E-state index in [9.17, 15) is 4.79 Å². The van der Waals surface area contributed by atoms with Gasteiger partial charge in [-0.25, -0.2) is 4.98 Å². The number of hydrogen-bond donors (Lipinski definition) is 3. The van der Waals surface area contributed by atoms with Crippen LogP contribution in [0.5, 0.6) is 0 Å². The number of nitrogens with zero attached hydrogens (tertiary/aromatic N) is 2. The van der Waals surface area contributed by atoms with Crippen LogP contribution in [-0.2, 0) is 4.79 Å². The highest BCUT2D eigenvalue weighted by Gasteiger charge is 2.14. The van der Waals surface area contributed by atoms with Gasteiger partial charge in [-0.05, 0) is 37.1 Å². The Balaban J connectivity index is 1.92. The van der Waals surface area contributed by atoms with Gasteiger partial charge in [0.1, 0.15) is 17.2 Å². The van der Waals surface area contributed by atoms with E-state index >= 15 is 0 Å². The molecule has 0 spiro atoms. The molecule has 6 nitrogen and oxygen atoms in total. The number of imidazole rings is 1. The Bertz CT molecular complexity index is 1030. The van der Waals surface area contributed by atoms with Gasteiger partial charge in [0, 0.05) is 36.7 Å². The van der Waals surface area contributed by atoms with Crippen molar-refractivity contribution < 1.29 is 15.0 Å². The van der Waals surface area contributed by atoms with Gasteiger partial charge in [-0.2, -0.15) is 0 Å². The Labute approximate surface area is 163 Å². The first kappa shape index (κ1) is 19.5. The molecule has 6 heteroatoms. The standard InChI is InChI=1S/C22H23N3O3/c1-16-7-12-19-24-21(18-10-8-17(9-11-18)5-2-3-14-26)22(25(19)15-16)23-13-4-6-20(27)28/h7-12,15,23,26H,3-4,6,13-14H2,1H3,(H,27,28). The van der Waals surface area contributed by atoms with Crippen molar-refractivity contribution >= 4 is 17.4 Å². The first-order valence-electron chi connectivity index (χ1n) is 9.23. The number of carboxylic acids is 1. The number of aryl methyl sites for hydroxylation is 1. The molecular weight excluding hydrogens is 354 g/mol. The van der Waals surface area contributed by atoms with Gasteiger partial charge in [-0.3, -0.25) is 9.20 Å². The molecule has 0 aliphatic carbocycles. The lowest BCUT2D eigenvalue weighted by Gasteiger charge is -2.09. The number of aliphatic hydroxyl groups excluding tert-OH is 1. The lowest BCUT2D eigenvalue weighted by molar-refractivity contribution is -0.137. The second-order valence-electron chi connectivity index (χ2n) is 6.52. The van der Waals surface area contributed by atoms with E-state index in [1.807, 2.05) is 53.9 Å². The van der Waals surface area contributed by atoms with Gasteiger partial charge in [0.15, 0.2) is 0 Å². The van der Waals surface area contributed by atoms with Crippen molar-refractivity contribution in [2.75, 3.05) is 18.5 Å². The minimum absolute atomic E-state index is 0.0582. The van der Waals surface area contributed by atoms with Crippen molar-refractivity contribution in [2.45, 2.75) is 26.2 Å². The third-order valence-electron chi connectivity index (χ3n) is 4.25. The molecule has 0 fully saturated rings. The number of aliphatic carboxylic acids is 1. The fourth-order valence-electron chi connectivity index (χ4n) is 2.90. The maximum absolute atomic E-state index is 10.8. The third kappa shape index (κ3) is 4.70. The Kier molecular flexibility index (Phi) is 6.30. The molecule has 28 heavy (non-hydrogen) atoms. The quantitative estimate of drug-likeness (QED) is 0.434. The van der Waals surface area contributed by atoms with Crippen LogP contribution in [0.4, 0.5) is 5.82 Å². The normalized spacial score (nSPS) is 10.5. The van der Waals surface area contributed by atoms with E-state index in [0.29, 0.717) is 19.4 Å². The summed E-state index contributed by atoms with van der Waals surface area (Å²) >= 11 is 0. The Morgan fingerprint density at radius 2 is 2.00 bits per heavy atom. The number of anilines is 1. The average molecular weight is 377 g/mol. The van der Waals surface area contributed by atoms with Crippen LogP contribution in [0, 0.1) is 18.8 Å². The van der Waals surface area contributed by atoms with Crippen molar-refractivity contribution in [2.24, 2.45) is 0 Å². The van der Waals surface area contributed by atoms with E-state index < -0.39 is 5.97 Å². The maximum Gasteiger partial charge on any atom is 0.303 e. The molecule has 0 bridgehead atoms. The maximum atomic E-state index is 10.8. The van der Waals surface area contributed by atoms with Crippen LogP contribution in [0.2, 0.25) is 0 Å². The van der Waals surface area contributed by atoms with Crippen LogP contribution in [-0.4, -0.2) is 38.7 Å². The van der Waals surface area contributed by atoms with Gasteiger partial charge in [0.05, 0.1) is 6.61 Å². The monoisotopic (exact) mass is 377 g/mol. The first-order valence-corrected chi connectivity index (χ1v) is 9.23. The van der Waals surface area contributed by atoms with E-state index in [1.165, 1.54) is 0 Å². The fourth-order valence-corrected chi connectivity index (χ4v) is 2.90. The van der Waals surface area contributed by atoms with Crippen molar-refractivity contribution in [3.8, 4) is 23.1 Å². The van der Waals surface area contributed by atoms with E-state index in [1.54, 1.807) is 0 Å². The predicted octanol–water partition coefficient (Wildman–Crippen LogP) is 3.32.